The van der Waals surface area contributed by atoms with E-state index in [1.54, 1.807) is 0 Å². The van der Waals surface area contributed by atoms with Crippen LogP contribution in [0.15, 0.2) is 206 Å². The predicted octanol–water partition coefficient (Wildman–Crippen LogP) is 14.0. The van der Waals surface area contributed by atoms with E-state index in [9.17, 15) is 0 Å². The Balaban J connectivity index is 1.19. The van der Waals surface area contributed by atoms with Crippen LogP contribution in [-0.4, -0.2) is 14.5 Å². The molecule has 2 aromatic heterocycles. The van der Waals surface area contributed by atoms with E-state index in [4.69, 9.17) is 9.97 Å². The number of rotatable bonds is 9. The number of nitrogens with zero attached hydrogens (tertiary/aromatic N) is 4. The average molecular weight is 721 g/mol. The highest BCUT2D eigenvalue weighted by molar-refractivity contribution is 6.15. The van der Waals surface area contributed by atoms with Gasteiger partial charge >= 0.3 is 0 Å². The Morgan fingerprint density at radius 3 is 1.70 bits per heavy atom. The van der Waals surface area contributed by atoms with Crippen molar-refractivity contribution in [2.24, 2.45) is 0 Å². The highest BCUT2D eigenvalue weighted by Crippen LogP contribution is 2.41. The monoisotopic (exact) mass is 720 g/mol. The average Bonchev–Trinajstić information content (AvgIpc) is 3.61. The van der Waals surface area contributed by atoms with Crippen molar-refractivity contribution in [3.63, 3.8) is 0 Å². The highest BCUT2D eigenvalue weighted by Gasteiger charge is 2.22. The molecule has 56 heavy (non-hydrogen) atoms. The van der Waals surface area contributed by atoms with Crippen LogP contribution in [0.4, 0.5) is 17.1 Å². The van der Waals surface area contributed by atoms with Crippen molar-refractivity contribution in [2.45, 2.75) is 13.8 Å². The lowest BCUT2D eigenvalue weighted by atomic mass is 10.0. The van der Waals surface area contributed by atoms with E-state index < -0.39 is 0 Å². The van der Waals surface area contributed by atoms with Gasteiger partial charge in [0.15, 0.2) is 5.82 Å². The van der Waals surface area contributed by atoms with Crippen molar-refractivity contribution in [2.75, 3.05) is 4.90 Å². The fraction of sp³-hybridized carbons (Fsp3) is 0.0385. The quantitative estimate of drug-likeness (QED) is 0.139. The second-order valence-corrected chi connectivity index (χ2v) is 13.7. The molecule has 0 N–H and O–H groups in total. The molecule has 0 aliphatic carbocycles. The van der Waals surface area contributed by atoms with Crippen molar-refractivity contribution in [1.29, 1.82) is 0 Å². The molecule has 7 aromatic carbocycles. The molecule has 9 aromatic rings. The van der Waals surface area contributed by atoms with E-state index >= 15 is 0 Å². The van der Waals surface area contributed by atoms with E-state index in [0.717, 1.165) is 72.6 Å². The molecule has 0 amide bonds. The van der Waals surface area contributed by atoms with Gasteiger partial charge in [-0.2, -0.15) is 0 Å². The van der Waals surface area contributed by atoms with Gasteiger partial charge in [-0.25, -0.2) is 9.97 Å². The molecule has 4 heteroatoms. The zero-order valence-corrected chi connectivity index (χ0v) is 31.4. The zero-order valence-electron chi connectivity index (χ0n) is 31.4. The van der Waals surface area contributed by atoms with Crippen molar-refractivity contribution in [3.05, 3.63) is 212 Å². The van der Waals surface area contributed by atoms with Gasteiger partial charge in [-0.15, -0.1) is 0 Å². The van der Waals surface area contributed by atoms with Crippen molar-refractivity contribution < 1.29 is 0 Å². The van der Waals surface area contributed by atoms with Gasteiger partial charge in [0.2, 0.25) is 0 Å². The molecule has 2 heterocycles. The molecule has 0 bridgehead atoms. The van der Waals surface area contributed by atoms with Crippen LogP contribution in [-0.2, 0) is 0 Å². The first kappa shape index (κ1) is 34.5. The standard InChI is InChI=1S/C52H40N4/c1-3-17-37(4-2)38-26-31-45(32-27-38)55(43-22-13-7-14-23-43)46-33-28-39(29-34-46)42-30-35-48-47(36-42)49-50(40-18-9-5-10-19-40)53-51(41-20-11-6-12-21-41)54-52(49)56(48)44-24-15-8-16-25-44/h3-36H,1-2H3/b17-3-,37-4+. The third-order valence-corrected chi connectivity index (χ3v) is 10.3. The summed E-state index contributed by atoms with van der Waals surface area (Å²) in [6.07, 6.45) is 6.38. The topological polar surface area (TPSA) is 34.0 Å². The van der Waals surface area contributed by atoms with E-state index in [-0.39, 0.29) is 0 Å². The van der Waals surface area contributed by atoms with Gasteiger partial charge in [0.05, 0.1) is 16.6 Å². The summed E-state index contributed by atoms with van der Waals surface area (Å²) in [6, 6.07) is 66.2. The predicted molar refractivity (Wildman–Crippen MR) is 236 cm³/mol. The summed E-state index contributed by atoms with van der Waals surface area (Å²) in [5, 5.41) is 2.13. The number of anilines is 3. The van der Waals surface area contributed by atoms with Gasteiger partial charge in [0.25, 0.3) is 0 Å². The Morgan fingerprint density at radius 2 is 1.07 bits per heavy atom. The summed E-state index contributed by atoms with van der Waals surface area (Å²) in [4.78, 5) is 12.9. The van der Waals surface area contributed by atoms with Gasteiger partial charge in [0.1, 0.15) is 5.65 Å². The van der Waals surface area contributed by atoms with Crippen molar-refractivity contribution in [3.8, 4) is 39.5 Å². The smallest absolute Gasteiger partial charge is 0.162 e. The summed E-state index contributed by atoms with van der Waals surface area (Å²) in [7, 11) is 0. The summed E-state index contributed by atoms with van der Waals surface area (Å²) in [5.41, 5.74) is 13.9. The molecular weight excluding hydrogens is 681 g/mol. The lowest BCUT2D eigenvalue weighted by molar-refractivity contribution is 1.11. The molecule has 0 fully saturated rings. The first-order valence-electron chi connectivity index (χ1n) is 19.1. The molecule has 0 saturated heterocycles. The van der Waals surface area contributed by atoms with Gasteiger partial charge in [-0.05, 0) is 96.8 Å². The maximum atomic E-state index is 5.31. The second-order valence-electron chi connectivity index (χ2n) is 13.7. The molecular formula is C52H40N4. The lowest BCUT2D eigenvalue weighted by Crippen LogP contribution is -2.09. The Kier molecular flexibility index (Phi) is 9.36. The number of para-hydroxylation sites is 2. The number of hydrogen-bond donors (Lipinski definition) is 0. The third kappa shape index (κ3) is 6.48. The molecule has 0 atom stereocenters. The molecule has 0 radical (unpaired) electrons. The fourth-order valence-corrected chi connectivity index (χ4v) is 7.61. The first-order chi connectivity index (χ1) is 27.7. The molecule has 0 aliphatic rings. The second kappa shape index (κ2) is 15.2. The Hall–Kier alpha value is -7.30. The number of benzene rings is 7. The van der Waals surface area contributed by atoms with Gasteiger partial charge in [0, 0.05) is 39.3 Å². The number of allylic oxidation sites excluding steroid dienone is 4. The molecule has 9 rings (SSSR count). The minimum Gasteiger partial charge on any atom is -0.311 e. The number of fused-ring (bicyclic) bond motifs is 3. The van der Waals surface area contributed by atoms with Gasteiger partial charge in [-0.3, -0.25) is 4.57 Å². The molecule has 268 valence electrons. The zero-order chi connectivity index (χ0) is 37.8. The lowest BCUT2D eigenvalue weighted by Gasteiger charge is -2.26. The maximum absolute atomic E-state index is 5.31. The highest BCUT2D eigenvalue weighted by atomic mass is 15.1. The van der Waals surface area contributed by atoms with Gasteiger partial charge in [-0.1, -0.05) is 146 Å². The van der Waals surface area contributed by atoms with Crippen LogP contribution in [0.25, 0.3) is 67.0 Å². The first-order valence-corrected chi connectivity index (χ1v) is 19.1. The van der Waals surface area contributed by atoms with Crippen LogP contribution in [0.2, 0.25) is 0 Å². The Morgan fingerprint density at radius 1 is 0.518 bits per heavy atom. The van der Waals surface area contributed by atoms with Crippen LogP contribution in [0.5, 0.6) is 0 Å². The van der Waals surface area contributed by atoms with Crippen LogP contribution in [0.3, 0.4) is 0 Å². The van der Waals surface area contributed by atoms with Gasteiger partial charge < -0.3 is 4.90 Å². The Labute approximate surface area is 328 Å². The SMILES string of the molecule is C/C=C\C(=C/C)c1ccc(N(c2ccccc2)c2ccc(-c3ccc4c(c3)c3c(-c5ccccc5)nc(-c5ccccc5)nc3n4-c3ccccc3)cc2)cc1. The Bertz CT molecular complexity index is 2820. The van der Waals surface area contributed by atoms with Crippen LogP contribution in [0.1, 0.15) is 19.4 Å². The minimum atomic E-state index is 0.699. The summed E-state index contributed by atoms with van der Waals surface area (Å²) < 4.78 is 2.28. The van der Waals surface area contributed by atoms with E-state index in [1.807, 2.05) is 24.3 Å². The molecule has 0 saturated carbocycles. The van der Waals surface area contributed by atoms with Crippen LogP contribution >= 0.6 is 0 Å². The van der Waals surface area contributed by atoms with Crippen LogP contribution < -0.4 is 4.90 Å². The summed E-state index contributed by atoms with van der Waals surface area (Å²) in [5.74, 6) is 0.699. The van der Waals surface area contributed by atoms with Crippen LogP contribution in [0, 0.1) is 0 Å². The van der Waals surface area contributed by atoms with E-state index in [1.165, 1.54) is 11.1 Å². The number of hydrogen-bond acceptors (Lipinski definition) is 3. The third-order valence-electron chi connectivity index (χ3n) is 10.3. The molecule has 0 aliphatic heterocycles. The maximum Gasteiger partial charge on any atom is 0.162 e. The summed E-state index contributed by atoms with van der Waals surface area (Å²) >= 11 is 0. The normalized spacial score (nSPS) is 11.8. The molecule has 0 unspecified atom stereocenters. The molecule has 0 spiro atoms. The number of aromatic nitrogens is 3. The largest absolute Gasteiger partial charge is 0.311 e. The van der Waals surface area contributed by atoms with Crippen molar-refractivity contribution >= 4 is 44.6 Å². The fourth-order valence-electron chi connectivity index (χ4n) is 7.61. The summed E-state index contributed by atoms with van der Waals surface area (Å²) in [6.45, 7) is 4.13. The minimum absolute atomic E-state index is 0.699. The van der Waals surface area contributed by atoms with E-state index in [2.05, 4.69) is 205 Å². The van der Waals surface area contributed by atoms with Crippen molar-refractivity contribution in [1.82, 2.24) is 14.5 Å². The molecule has 4 nitrogen and oxygen atoms in total. The van der Waals surface area contributed by atoms with E-state index in [0.29, 0.717) is 5.82 Å².